The molecule has 8 nitrogen and oxygen atoms in total. The van der Waals surface area contributed by atoms with Crippen LogP contribution in [-0.2, 0) is 4.74 Å². The molecule has 2 heterocycles. The van der Waals surface area contributed by atoms with E-state index in [4.69, 9.17) is 4.74 Å². The van der Waals surface area contributed by atoms with Crippen molar-refractivity contribution in [1.82, 2.24) is 4.90 Å². The Labute approximate surface area is 198 Å². The van der Waals surface area contributed by atoms with E-state index < -0.39 is 4.92 Å². The highest BCUT2D eigenvalue weighted by Crippen LogP contribution is 2.31. The fourth-order valence-electron chi connectivity index (χ4n) is 4.67. The Hall–Kier alpha value is -2.97. The third kappa shape index (κ3) is 6.09. The van der Waals surface area contributed by atoms with Crippen molar-refractivity contribution < 1.29 is 19.2 Å². The largest absolute Gasteiger partial charge is 0.462 e. The summed E-state index contributed by atoms with van der Waals surface area (Å²) in [6.45, 7) is 2.75. The highest BCUT2D eigenvalue weighted by atomic mass is 35.5. The molecule has 2 aliphatic rings. The van der Waals surface area contributed by atoms with Gasteiger partial charge in [-0.1, -0.05) is 6.42 Å². The van der Waals surface area contributed by atoms with Crippen LogP contribution in [0.15, 0.2) is 48.5 Å². The minimum atomic E-state index is -0.515. The van der Waals surface area contributed by atoms with Crippen molar-refractivity contribution in [2.75, 3.05) is 25.0 Å². The molecule has 1 amide bonds. The van der Waals surface area contributed by atoms with E-state index in [1.165, 1.54) is 43.5 Å². The number of hydrogen-bond donors (Lipinski definition) is 1. The molecule has 0 bridgehead atoms. The molecule has 1 N–H and O–H groups in total. The summed E-state index contributed by atoms with van der Waals surface area (Å²) >= 11 is 0. The lowest BCUT2D eigenvalue weighted by Gasteiger charge is -2.44. The molecule has 2 unspecified atom stereocenters. The highest BCUT2D eigenvalue weighted by molar-refractivity contribution is 6.04. The SMILES string of the molecule is Cl.O=C(Nc1ccc(C(=O)OCC2CCCN3CCCCC23)cc1)c1ccc([N+](=O)[O-])cc1. The van der Waals surface area contributed by atoms with Crippen LogP contribution in [0.4, 0.5) is 11.4 Å². The van der Waals surface area contributed by atoms with Gasteiger partial charge in [0.2, 0.25) is 0 Å². The maximum atomic E-state index is 12.5. The number of piperidine rings is 2. The van der Waals surface area contributed by atoms with E-state index in [0.717, 1.165) is 25.9 Å². The molecule has 2 aliphatic heterocycles. The van der Waals surface area contributed by atoms with Crippen LogP contribution in [0.25, 0.3) is 0 Å². The maximum absolute atomic E-state index is 12.5. The van der Waals surface area contributed by atoms with Crippen molar-refractivity contribution in [3.8, 4) is 0 Å². The van der Waals surface area contributed by atoms with Crippen LogP contribution >= 0.6 is 12.4 Å². The van der Waals surface area contributed by atoms with Crippen LogP contribution < -0.4 is 5.32 Å². The minimum absolute atomic E-state index is 0. The van der Waals surface area contributed by atoms with Crippen molar-refractivity contribution in [1.29, 1.82) is 0 Å². The van der Waals surface area contributed by atoms with E-state index in [9.17, 15) is 19.7 Å². The number of carbonyl (C=O) groups is 2. The summed E-state index contributed by atoms with van der Waals surface area (Å²) in [5.74, 6) is -0.344. The van der Waals surface area contributed by atoms with Gasteiger partial charge in [0.25, 0.3) is 11.6 Å². The van der Waals surface area contributed by atoms with Crippen LogP contribution in [0.3, 0.4) is 0 Å². The quantitative estimate of drug-likeness (QED) is 0.371. The lowest BCUT2D eigenvalue weighted by atomic mass is 9.84. The lowest BCUT2D eigenvalue weighted by Crippen LogP contribution is -2.49. The fraction of sp³-hybridized carbons (Fsp3) is 0.417. The maximum Gasteiger partial charge on any atom is 0.338 e. The molecule has 2 aromatic rings. The Kier molecular flexibility index (Phi) is 8.41. The molecule has 0 aliphatic carbocycles. The van der Waals surface area contributed by atoms with Gasteiger partial charge in [-0.05, 0) is 75.2 Å². The molecular formula is C24H28ClN3O5. The van der Waals surface area contributed by atoms with Gasteiger partial charge in [0.15, 0.2) is 0 Å². The summed E-state index contributed by atoms with van der Waals surface area (Å²) < 4.78 is 5.63. The number of rotatable bonds is 6. The number of hydrogen-bond acceptors (Lipinski definition) is 6. The molecule has 0 aromatic heterocycles. The monoisotopic (exact) mass is 473 g/mol. The molecule has 33 heavy (non-hydrogen) atoms. The number of benzene rings is 2. The minimum Gasteiger partial charge on any atom is -0.462 e. The van der Waals surface area contributed by atoms with Crippen molar-refractivity contribution in [3.63, 3.8) is 0 Å². The average Bonchev–Trinajstić information content (AvgIpc) is 2.83. The number of nitrogens with one attached hydrogen (secondary N) is 1. The summed E-state index contributed by atoms with van der Waals surface area (Å²) in [5.41, 5.74) is 1.20. The number of ether oxygens (including phenoxy) is 1. The molecule has 2 fully saturated rings. The number of fused-ring (bicyclic) bond motifs is 1. The Morgan fingerprint density at radius 2 is 1.64 bits per heavy atom. The van der Waals surface area contributed by atoms with E-state index >= 15 is 0 Å². The molecule has 0 radical (unpaired) electrons. The second-order valence-corrected chi connectivity index (χ2v) is 8.44. The number of esters is 1. The van der Waals surface area contributed by atoms with E-state index in [1.807, 2.05) is 0 Å². The third-order valence-corrected chi connectivity index (χ3v) is 6.38. The van der Waals surface area contributed by atoms with Gasteiger partial charge < -0.3 is 10.1 Å². The van der Waals surface area contributed by atoms with Gasteiger partial charge in [0, 0.05) is 35.3 Å². The molecule has 176 valence electrons. The summed E-state index contributed by atoms with van der Waals surface area (Å²) in [6.07, 6.45) is 5.95. The Morgan fingerprint density at radius 1 is 0.970 bits per heavy atom. The molecule has 2 atom stereocenters. The number of amides is 1. The first-order valence-corrected chi connectivity index (χ1v) is 11.1. The van der Waals surface area contributed by atoms with Gasteiger partial charge in [-0.3, -0.25) is 19.8 Å². The number of nitro benzene ring substituents is 1. The molecule has 0 spiro atoms. The number of non-ortho nitro benzene ring substituents is 1. The van der Waals surface area contributed by atoms with Crippen LogP contribution in [0.5, 0.6) is 0 Å². The zero-order valence-corrected chi connectivity index (χ0v) is 19.1. The second kappa shape index (κ2) is 11.2. The molecule has 2 aromatic carbocycles. The molecule has 2 saturated heterocycles. The molecule has 4 rings (SSSR count). The first-order valence-electron chi connectivity index (χ1n) is 11.1. The van der Waals surface area contributed by atoms with E-state index in [2.05, 4.69) is 10.2 Å². The van der Waals surface area contributed by atoms with Crippen molar-refractivity contribution in [2.24, 2.45) is 5.92 Å². The number of nitro groups is 1. The van der Waals surface area contributed by atoms with Crippen LogP contribution in [0, 0.1) is 16.0 Å². The third-order valence-electron chi connectivity index (χ3n) is 6.38. The smallest absolute Gasteiger partial charge is 0.338 e. The lowest BCUT2D eigenvalue weighted by molar-refractivity contribution is -0.384. The molecule has 0 saturated carbocycles. The van der Waals surface area contributed by atoms with Gasteiger partial charge in [0.05, 0.1) is 17.1 Å². The summed E-state index contributed by atoms with van der Waals surface area (Å²) in [5, 5.41) is 13.4. The van der Waals surface area contributed by atoms with Crippen molar-refractivity contribution >= 4 is 35.7 Å². The zero-order valence-electron chi connectivity index (χ0n) is 18.3. The standard InChI is InChI=1S/C24H27N3O5.ClH/c28-23(17-8-12-21(13-9-17)27(30)31)25-20-10-6-18(7-11-20)24(29)32-16-19-4-3-15-26-14-2-1-5-22(19)26;/h6-13,19,22H,1-5,14-16H2,(H,25,28);1H. The first-order chi connectivity index (χ1) is 15.5. The number of carbonyl (C=O) groups excluding carboxylic acids is 2. The van der Waals surface area contributed by atoms with Gasteiger partial charge in [-0.2, -0.15) is 0 Å². The Bertz CT molecular complexity index is 979. The average molecular weight is 474 g/mol. The normalized spacial score (nSPS) is 20.1. The van der Waals surface area contributed by atoms with Crippen LogP contribution in [0.1, 0.15) is 52.8 Å². The van der Waals surface area contributed by atoms with Crippen molar-refractivity contribution in [2.45, 2.75) is 38.1 Å². The molecule has 9 heteroatoms. The number of anilines is 1. The number of halogens is 1. The van der Waals surface area contributed by atoms with E-state index in [0.29, 0.717) is 35.4 Å². The first kappa shape index (κ1) is 24.7. The predicted molar refractivity (Wildman–Crippen MR) is 127 cm³/mol. The summed E-state index contributed by atoms with van der Waals surface area (Å²) in [4.78, 5) is 37.6. The van der Waals surface area contributed by atoms with Crippen molar-refractivity contribution in [3.05, 3.63) is 69.8 Å². The van der Waals surface area contributed by atoms with Gasteiger partial charge in [-0.15, -0.1) is 12.4 Å². The predicted octanol–water partition coefficient (Wildman–Crippen LogP) is 4.69. The summed E-state index contributed by atoms with van der Waals surface area (Å²) in [7, 11) is 0. The van der Waals surface area contributed by atoms with Gasteiger partial charge >= 0.3 is 5.97 Å². The van der Waals surface area contributed by atoms with Gasteiger partial charge in [0.1, 0.15) is 0 Å². The van der Waals surface area contributed by atoms with Gasteiger partial charge in [-0.25, -0.2) is 4.79 Å². The zero-order chi connectivity index (χ0) is 22.5. The van der Waals surface area contributed by atoms with E-state index in [-0.39, 0.29) is 30.0 Å². The van der Waals surface area contributed by atoms with E-state index in [1.54, 1.807) is 24.3 Å². The second-order valence-electron chi connectivity index (χ2n) is 8.44. The topological polar surface area (TPSA) is 102 Å². The highest BCUT2D eigenvalue weighted by Gasteiger charge is 2.33. The number of nitrogens with zero attached hydrogens (tertiary/aromatic N) is 2. The Morgan fingerprint density at radius 3 is 2.33 bits per heavy atom. The van der Waals surface area contributed by atoms with Crippen LogP contribution in [-0.4, -0.2) is 47.4 Å². The summed E-state index contributed by atoms with van der Waals surface area (Å²) in [6, 6.07) is 12.4. The van der Waals surface area contributed by atoms with Crippen LogP contribution in [0.2, 0.25) is 0 Å². The Balaban J connectivity index is 0.00000306. The fourth-order valence-corrected chi connectivity index (χ4v) is 4.67. The molecular weight excluding hydrogens is 446 g/mol.